The van der Waals surface area contributed by atoms with Crippen LogP contribution in [0.3, 0.4) is 0 Å². The van der Waals surface area contributed by atoms with Crippen molar-refractivity contribution in [3.8, 4) is 11.5 Å². The Morgan fingerprint density at radius 2 is 1.95 bits per heavy atom. The Morgan fingerprint density at radius 3 is 2.62 bits per heavy atom. The minimum Gasteiger partial charge on any atom is -0.454 e. The number of nitrogens with zero attached hydrogens (tertiary/aromatic N) is 1. The normalized spacial score (nSPS) is 15.2. The van der Waals surface area contributed by atoms with Crippen molar-refractivity contribution in [1.82, 2.24) is 4.90 Å². The molecular formula is C14H16ClNO5. The first kappa shape index (κ1) is 15.4. The number of carbonyl (C=O) groups excluding carboxylic acids is 2. The number of hydrogen-bond donors (Lipinski definition) is 0. The second-order valence-electron chi connectivity index (χ2n) is 4.65. The Bertz CT molecular complexity index is 560. The van der Waals surface area contributed by atoms with E-state index in [2.05, 4.69) is 0 Å². The first-order chi connectivity index (χ1) is 9.90. The summed E-state index contributed by atoms with van der Waals surface area (Å²) in [5.74, 6) is 0.894. The van der Waals surface area contributed by atoms with Gasteiger partial charge in [-0.25, -0.2) is 4.79 Å². The summed E-state index contributed by atoms with van der Waals surface area (Å²) in [7, 11) is 1.48. The zero-order chi connectivity index (χ0) is 15.6. The molecule has 0 N–H and O–H groups in total. The minimum absolute atomic E-state index is 0.141. The highest BCUT2D eigenvalue weighted by atomic mass is 35.5. The van der Waals surface area contributed by atoms with Crippen LogP contribution in [0.25, 0.3) is 0 Å². The molecule has 0 saturated carbocycles. The van der Waals surface area contributed by atoms with Crippen LogP contribution < -0.4 is 9.47 Å². The van der Waals surface area contributed by atoms with Gasteiger partial charge in [0, 0.05) is 12.6 Å². The van der Waals surface area contributed by atoms with Crippen molar-refractivity contribution in [2.75, 3.05) is 13.8 Å². The number of halogens is 1. The Morgan fingerprint density at radius 1 is 1.29 bits per heavy atom. The van der Waals surface area contributed by atoms with Crippen molar-refractivity contribution in [2.45, 2.75) is 25.5 Å². The van der Waals surface area contributed by atoms with Gasteiger partial charge >= 0.3 is 6.09 Å². The molecule has 7 heteroatoms. The molecule has 0 aliphatic carbocycles. The fourth-order valence-electron chi connectivity index (χ4n) is 1.85. The molecule has 1 amide bonds. The monoisotopic (exact) mass is 313 g/mol. The third kappa shape index (κ3) is 3.39. The SMILES string of the molecule is CC(Cl)OC(=O)N(C)C(C)C(=O)c1ccc2c(c1)OCO2. The first-order valence-corrected chi connectivity index (χ1v) is 6.85. The zero-order valence-corrected chi connectivity index (χ0v) is 12.7. The molecule has 2 unspecified atom stereocenters. The van der Waals surface area contributed by atoms with E-state index in [1.807, 2.05) is 0 Å². The Kier molecular flexibility index (Phi) is 4.57. The van der Waals surface area contributed by atoms with Crippen LogP contribution in [0.2, 0.25) is 0 Å². The third-order valence-corrected chi connectivity index (χ3v) is 3.26. The number of likely N-dealkylation sites (N-methyl/N-ethyl adjacent to an activating group) is 1. The van der Waals surface area contributed by atoms with Gasteiger partial charge in [0.05, 0.1) is 6.04 Å². The molecule has 0 saturated heterocycles. The average molecular weight is 314 g/mol. The predicted molar refractivity (Wildman–Crippen MR) is 75.9 cm³/mol. The lowest BCUT2D eigenvalue weighted by Crippen LogP contribution is -2.41. The molecule has 0 aromatic heterocycles. The molecule has 1 heterocycles. The van der Waals surface area contributed by atoms with Gasteiger partial charge in [-0.05, 0) is 32.0 Å². The molecule has 0 fully saturated rings. The fourth-order valence-corrected chi connectivity index (χ4v) is 1.92. The summed E-state index contributed by atoms with van der Waals surface area (Å²) >= 11 is 5.60. The van der Waals surface area contributed by atoms with Crippen molar-refractivity contribution in [1.29, 1.82) is 0 Å². The van der Waals surface area contributed by atoms with E-state index < -0.39 is 17.7 Å². The molecule has 1 aromatic rings. The number of carbonyl (C=O) groups is 2. The maximum atomic E-state index is 12.4. The molecule has 1 aromatic carbocycles. The number of ketones is 1. The lowest BCUT2D eigenvalue weighted by molar-refractivity contribution is 0.0739. The Balaban J connectivity index is 2.10. The topological polar surface area (TPSA) is 65.1 Å². The lowest BCUT2D eigenvalue weighted by atomic mass is 10.0. The van der Waals surface area contributed by atoms with Gasteiger partial charge in [0.2, 0.25) is 6.79 Å². The van der Waals surface area contributed by atoms with Gasteiger partial charge in [-0.2, -0.15) is 0 Å². The van der Waals surface area contributed by atoms with Crippen LogP contribution >= 0.6 is 11.6 Å². The molecule has 114 valence electrons. The third-order valence-electron chi connectivity index (χ3n) is 3.17. The number of hydrogen-bond acceptors (Lipinski definition) is 5. The van der Waals surface area contributed by atoms with E-state index in [1.54, 1.807) is 25.1 Å². The molecule has 21 heavy (non-hydrogen) atoms. The second kappa shape index (κ2) is 6.22. The quantitative estimate of drug-likeness (QED) is 0.631. The van der Waals surface area contributed by atoms with Crippen LogP contribution in [0, 0.1) is 0 Å². The number of rotatable bonds is 4. The summed E-state index contributed by atoms with van der Waals surface area (Å²) in [6, 6.07) is 4.22. The summed E-state index contributed by atoms with van der Waals surface area (Å²) in [5, 5.41) is 0. The van der Waals surface area contributed by atoms with E-state index in [0.717, 1.165) is 0 Å². The number of amides is 1. The Labute approximate surface area is 127 Å². The van der Waals surface area contributed by atoms with Gasteiger partial charge in [0.1, 0.15) is 0 Å². The van der Waals surface area contributed by atoms with Crippen molar-refractivity contribution in [2.24, 2.45) is 0 Å². The molecule has 1 aliphatic heterocycles. The summed E-state index contributed by atoms with van der Waals surface area (Å²) in [6.45, 7) is 3.28. The van der Waals surface area contributed by atoms with Gasteiger partial charge in [0.25, 0.3) is 0 Å². The number of alkyl halides is 1. The van der Waals surface area contributed by atoms with Crippen LogP contribution in [0.1, 0.15) is 24.2 Å². The van der Waals surface area contributed by atoms with E-state index >= 15 is 0 Å². The number of fused-ring (bicyclic) bond motifs is 1. The van der Waals surface area contributed by atoms with Crippen molar-refractivity contribution < 1.29 is 23.8 Å². The molecule has 2 rings (SSSR count). The molecule has 6 nitrogen and oxygen atoms in total. The van der Waals surface area contributed by atoms with E-state index in [9.17, 15) is 9.59 Å². The van der Waals surface area contributed by atoms with E-state index in [1.165, 1.54) is 18.9 Å². The maximum Gasteiger partial charge on any atom is 0.411 e. The summed E-state index contributed by atoms with van der Waals surface area (Å²) in [4.78, 5) is 25.3. The average Bonchev–Trinajstić information content (AvgIpc) is 2.91. The number of ether oxygens (including phenoxy) is 3. The van der Waals surface area contributed by atoms with Crippen LogP contribution in [0.15, 0.2) is 18.2 Å². The highest BCUT2D eigenvalue weighted by molar-refractivity contribution is 6.19. The molecule has 0 bridgehead atoms. The molecular weight excluding hydrogens is 298 g/mol. The fraction of sp³-hybridized carbons (Fsp3) is 0.429. The highest BCUT2D eigenvalue weighted by Gasteiger charge is 2.26. The summed E-state index contributed by atoms with van der Waals surface area (Å²) in [5.41, 5.74) is -0.321. The molecule has 0 spiro atoms. The van der Waals surface area contributed by atoms with Crippen LogP contribution in [0.5, 0.6) is 11.5 Å². The van der Waals surface area contributed by atoms with Crippen molar-refractivity contribution in [3.05, 3.63) is 23.8 Å². The molecule has 0 radical (unpaired) electrons. The minimum atomic E-state index is -0.757. The molecule has 2 atom stereocenters. The standard InChI is InChI=1S/C14H16ClNO5/c1-8(16(3)14(18)21-9(2)15)13(17)10-4-5-11-12(6-10)20-7-19-11/h4-6,8-9H,7H2,1-3H3. The number of benzene rings is 1. The van der Waals surface area contributed by atoms with E-state index in [0.29, 0.717) is 17.1 Å². The van der Waals surface area contributed by atoms with E-state index in [4.69, 9.17) is 25.8 Å². The van der Waals surface area contributed by atoms with Crippen molar-refractivity contribution in [3.63, 3.8) is 0 Å². The zero-order valence-electron chi connectivity index (χ0n) is 12.0. The van der Waals surface area contributed by atoms with Gasteiger partial charge in [-0.3, -0.25) is 4.79 Å². The lowest BCUT2D eigenvalue weighted by Gasteiger charge is -2.23. The van der Waals surface area contributed by atoms with Crippen LogP contribution in [-0.2, 0) is 4.74 Å². The van der Waals surface area contributed by atoms with Crippen LogP contribution in [0.4, 0.5) is 4.79 Å². The van der Waals surface area contributed by atoms with Gasteiger partial charge in [-0.1, -0.05) is 11.6 Å². The largest absolute Gasteiger partial charge is 0.454 e. The smallest absolute Gasteiger partial charge is 0.411 e. The second-order valence-corrected chi connectivity index (χ2v) is 5.26. The Hall–Kier alpha value is -1.95. The summed E-state index contributed by atoms with van der Waals surface area (Å²) in [6.07, 6.45) is -0.654. The van der Waals surface area contributed by atoms with Gasteiger partial charge in [0.15, 0.2) is 22.8 Å². The van der Waals surface area contributed by atoms with Crippen molar-refractivity contribution >= 4 is 23.5 Å². The highest BCUT2D eigenvalue weighted by Crippen LogP contribution is 2.32. The van der Waals surface area contributed by atoms with Crippen LogP contribution in [-0.4, -0.2) is 42.2 Å². The first-order valence-electron chi connectivity index (χ1n) is 6.41. The van der Waals surface area contributed by atoms with Gasteiger partial charge in [-0.15, -0.1) is 0 Å². The number of Topliss-reactive ketones (excluding diaryl/α,β-unsaturated/α-hetero) is 1. The summed E-state index contributed by atoms with van der Waals surface area (Å²) < 4.78 is 15.3. The van der Waals surface area contributed by atoms with E-state index in [-0.39, 0.29) is 12.6 Å². The molecule has 1 aliphatic rings. The predicted octanol–water partition coefficient (Wildman–Crippen LogP) is 2.64. The van der Waals surface area contributed by atoms with Gasteiger partial charge < -0.3 is 19.1 Å². The maximum absolute atomic E-state index is 12.4.